The molecule has 0 radical (unpaired) electrons. The summed E-state index contributed by atoms with van der Waals surface area (Å²) in [6.07, 6.45) is 1.76. The van der Waals surface area contributed by atoms with Crippen LogP contribution in [0.25, 0.3) is 11.0 Å². The molecule has 1 heterocycles. The highest BCUT2D eigenvalue weighted by molar-refractivity contribution is 5.76. The standard InChI is InChI=1S/C12H15FN2/c1-4-15-7-14-11-5-9(8(2)3)10(13)6-12(11)15/h5-8H,4H2,1-3H3. The minimum absolute atomic E-state index is 0.132. The lowest BCUT2D eigenvalue weighted by Gasteiger charge is -2.07. The van der Waals surface area contributed by atoms with Gasteiger partial charge in [0.05, 0.1) is 17.4 Å². The van der Waals surface area contributed by atoms with Gasteiger partial charge in [0, 0.05) is 12.6 Å². The minimum Gasteiger partial charge on any atom is -0.331 e. The average Bonchev–Trinajstić information content (AvgIpc) is 2.58. The molecule has 1 aromatic heterocycles. The van der Waals surface area contributed by atoms with Gasteiger partial charge in [-0.3, -0.25) is 0 Å². The van der Waals surface area contributed by atoms with E-state index in [1.807, 2.05) is 31.4 Å². The Kier molecular flexibility index (Phi) is 2.47. The summed E-state index contributed by atoms with van der Waals surface area (Å²) in [6, 6.07) is 3.43. The summed E-state index contributed by atoms with van der Waals surface area (Å²) < 4.78 is 15.7. The fourth-order valence-electron chi connectivity index (χ4n) is 1.79. The van der Waals surface area contributed by atoms with Crippen LogP contribution in [0.1, 0.15) is 32.3 Å². The Balaban J connectivity index is 2.67. The molecule has 0 aliphatic heterocycles. The van der Waals surface area contributed by atoms with Crippen LogP contribution in [0.15, 0.2) is 18.5 Å². The van der Waals surface area contributed by atoms with Crippen molar-refractivity contribution in [3.05, 3.63) is 29.8 Å². The highest BCUT2D eigenvalue weighted by atomic mass is 19.1. The monoisotopic (exact) mass is 206 g/mol. The molecule has 0 saturated heterocycles. The molecule has 3 heteroatoms. The Morgan fingerprint density at radius 3 is 2.73 bits per heavy atom. The summed E-state index contributed by atoms with van der Waals surface area (Å²) in [5, 5.41) is 0. The topological polar surface area (TPSA) is 17.8 Å². The van der Waals surface area contributed by atoms with Gasteiger partial charge in [-0.05, 0) is 24.5 Å². The Labute approximate surface area is 88.7 Å². The number of aryl methyl sites for hydroxylation is 1. The van der Waals surface area contributed by atoms with Gasteiger partial charge in [-0.15, -0.1) is 0 Å². The molecule has 0 aliphatic rings. The Morgan fingerprint density at radius 1 is 1.40 bits per heavy atom. The lowest BCUT2D eigenvalue weighted by Crippen LogP contribution is -1.95. The third kappa shape index (κ3) is 1.62. The normalized spacial score (nSPS) is 11.5. The van der Waals surface area contributed by atoms with Crippen molar-refractivity contribution in [2.45, 2.75) is 33.2 Å². The molecule has 80 valence electrons. The summed E-state index contributed by atoms with van der Waals surface area (Å²) in [4.78, 5) is 4.27. The van der Waals surface area contributed by atoms with Gasteiger partial charge in [0.2, 0.25) is 0 Å². The predicted octanol–water partition coefficient (Wildman–Crippen LogP) is 3.32. The quantitative estimate of drug-likeness (QED) is 0.737. The average molecular weight is 206 g/mol. The molecule has 0 atom stereocenters. The maximum atomic E-state index is 13.7. The number of hydrogen-bond acceptors (Lipinski definition) is 1. The third-order valence-electron chi connectivity index (χ3n) is 2.70. The fourth-order valence-corrected chi connectivity index (χ4v) is 1.79. The SMILES string of the molecule is CCn1cnc2cc(C(C)C)c(F)cc21. The van der Waals surface area contributed by atoms with Crippen molar-refractivity contribution in [3.8, 4) is 0 Å². The van der Waals surface area contributed by atoms with Crippen molar-refractivity contribution in [1.82, 2.24) is 9.55 Å². The predicted molar refractivity (Wildman–Crippen MR) is 59.5 cm³/mol. The number of imidazole rings is 1. The van der Waals surface area contributed by atoms with E-state index in [1.165, 1.54) is 0 Å². The van der Waals surface area contributed by atoms with Crippen molar-refractivity contribution in [2.24, 2.45) is 0 Å². The van der Waals surface area contributed by atoms with Gasteiger partial charge in [0.25, 0.3) is 0 Å². The first-order chi connectivity index (χ1) is 7.13. The zero-order valence-electron chi connectivity index (χ0n) is 9.29. The molecule has 1 aromatic carbocycles. The van der Waals surface area contributed by atoms with Crippen molar-refractivity contribution < 1.29 is 4.39 Å². The summed E-state index contributed by atoms with van der Waals surface area (Å²) >= 11 is 0. The van der Waals surface area contributed by atoms with Crippen molar-refractivity contribution in [1.29, 1.82) is 0 Å². The molecule has 0 spiro atoms. The largest absolute Gasteiger partial charge is 0.331 e. The summed E-state index contributed by atoms with van der Waals surface area (Å²) in [7, 11) is 0. The molecular weight excluding hydrogens is 191 g/mol. The van der Waals surface area contributed by atoms with Gasteiger partial charge >= 0.3 is 0 Å². The van der Waals surface area contributed by atoms with E-state index in [-0.39, 0.29) is 11.7 Å². The number of benzene rings is 1. The zero-order valence-corrected chi connectivity index (χ0v) is 9.29. The van der Waals surface area contributed by atoms with Gasteiger partial charge < -0.3 is 4.57 Å². The smallest absolute Gasteiger partial charge is 0.128 e. The highest BCUT2D eigenvalue weighted by Gasteiger charge is 2.10. The first-order valence-corrected chi connectivity index (χ1v) is 5.27. The first-order valence-electron chi connectivity index (χ1n) is 5.27. The highest BCUT2D eigenvalue weighted by Crippen LogP contribution is 2.23. The van der Waals surface area contributed by atoms with Crippen LogP contribution in [0.2, 0.25) is 0 Å². The van der Waals surface area contributed by atoms with E-state index in [0.29, 0.717) is 0 Å². The van der Waals surface area contributed by atoms with E-state index < -0.39 is 0 Å². The maximum absolute atomic E-state index is 13.7. The lowest BCUT2D eigenvalue weighted by molar-refractivity contribution is 0.599. The molecule has 0 aliphatic carbocycles. The maximum Gasteiger partial charge on any atom is 0.128 e. The Hall–Kier alpha value is -1.38. The molecule has 2 rings (SSSR count). The van der Waals surface area contributed by atoms with Crippen LogP contribution in [0.4, 0.5) is 4.39 Å². The zero-order chi connectivity index (χ0) is 11.0. The number of fused-ring (bicyclic) bond motifs is 1. The van der Waals surface area contributed by atoms with Gasteiger partial charge in [-0.25, -0.2) is 9.37 Å². The molecule has 0 N–H and O–H groups in total. The van der Waals surface area contributed by atoms with Gasteiger partial charge in [0.15, 0.2) is 0 Å². The first kappa shape index (κ1) is 10.1. The second-order valence-corrected chi connectivity index (χ2v) is 4.05. The van der Waals surface area contributed by atoms with Crippen LogP contribution in [0.3, 0.4) is 0 Å². The van der Waals surface area contributed by atoms with Gasteiger partial charge in [-0.1, -0.05) is 13.8 Å². The number of hydrogen-bond donors (Lipinski definition) is 0. The molecule has 0 unspecified atom stereocenters. The second-order valence-electron chi connectivity index (χ2n) is 4.05. The number of aromatic nitrogens is 2. The molecule has 0 bridgehead atoms. The van der Waals surface area contributed by atoms with Gasteiger partial charge in [0.1, 0.15) is 5.82 Å². The number of halogens is 1. The molecule has 0 saturated carbocycles. The Bertz CT molecular complexity index is 486. The molecule has 2 aromatic rings. The van der Waals surface area contributed by atoms with E-state index in [9.17, 15) is 4.39 Å². The molecule has 0 fully saturated rings. The van der Waals surface area contributed by atoms with Crippen LogP contribution >= 0.6 is 0 Å². The van der Waals surface area contributed by atoms with Crippen LogP contribution in [-0.4, -0.2) is 9.55 Å². The van der Waals surface area contributed by atoms with E-state index in [2.05, 4.69) is 4.98 Å². The summed E-state index contributed by atoms with van der Waals surface area (Å²) in [5.41, 5.74) is 2.49. The van der Waals surface area contributed by atoms with Crippen molar-refractivity contribution in [2.75, 3.05) is 0 Å². The van der Waals surface area contributed by atoms with E-state index in [0.717, 1.165) is 23.1 Å². The molecule has 15 heavy (non-hydrogen) atoms. The molecular formula is C12H15FN2. The molecule has 2 nitrogen and oxygen atoms in total. The van der Waals surface area contributed by atoms with E-state index in [4.69, 9.17) is 0 Å². The number of nitrogens with zero attached hydrogens (tertiary/aromatic N) is 2. The van der Waals surface area contributed by atoms with Crippen LogP contribution < -0.4 is 0 Å². The van der Waals surface area contributed by atoms with Gasteiger partial charge in [-0.2, -0.15) is 0 Å². The molecule has 0 amide bonds. The van der Waals surface area contributed by atoms with Crippen LogP contribution in [-0.2, 0) is 6.54 Å². The van der Waals surface area contributed by atoms with E-state index >= 15 is 0 Å². The third-order valence-corrected chi connectivity index (χ3v) is 2.70. The summed E-state index contributed by atoms with van der Waals surface area (Å²) in [5.74, 6) is 0.0638. The van der Waals surface area contributed by atoms with Crippen molar-refractivity contribution in [3.63, 3.8) is 0 Å². The van der Waals surface area contributed by atoms with E-state index in [1.54, 1.807) is 12.4 Å². The van der Waals surface area contributed by atoms with Crippen LogP contribution in [0.5, 0.6) is 0 Å². The van der Waals surface area contributed by atoms with Crippen molar-refractivity contribution >= 4 is 11.0 Å². The lowest BCUT2D eigenvalue weighted by atomic mass is 10.0. The Morgan fingerprint density at radius 2 is 2.13 bits per heavy atom. The minimum atomic E-state index is -0.132. The second kappa shape index (κ2) is 3.65. The summed E-state index contributed by atoms with van der Waals surface area (Å²) in [6.45, 7) is 6.81. The fraction of sp³-hybridized carbons (Fsp3) is 0.417. The van der Waals surface area contributed by atoms with Crippen LogP contribution in [0, 0.1) is 5.82 Å². The number of rotatable bonds is 2.